The maximum atomic E-state index is 12.8. The van der Waals surface area contributed by atoms with E-state index >= 15 is 0 Å². The minimum Gasteiger partial charge on any atom is -0.462 e. The van der Waals surface area contributed by atoms with E-state index in [1.54, 1.807) is 0 Å². The molecule has 6 nitrogen and oxygen atoms in total. The van der Waals surface area contributed by atoms with Crippen molar-refractivity contribution in [3.8, 4) is 0 Å². The summed E-state index contributed by atoms with van der Waals surface area (Å²) in [5.41, 5.74) is 0. The molecule has 6 heteroatoms. The zero-order valence-electron chi connectivity index (χ0n) is 42.8. The first-order valence-corrected chi connectivity index (χ1v) is 28.0. The number of hydrogen-bond donors (Lipinski definition) is 0. The second-order valence-corrected chi connectivity index (χ2v) is 18.8. The first kappa shape index (κ1) is 61.6. The van der Waals surface area contributed by atoms with Gasteiger partial charge in [0.25, 0.3) is 0 Å². The molecule has 0 heterocycles. The van der Waals surface area contributed by atoms with Gasteiger partial charge >= 0.3 is 17.9 Å². The maximum Gasteiger partial charge on any atom is 0.306 e. The molecule has 0 aromatic carbocycles. The third-order valence-electron chi connectivity index (χ3n) is 12.3. The van der Waals surface area contributed by atoms with Gasteiger partial charge in [0, 0.05) is 19.3 Å². The van der Waals surface area contributed by atoms with Gasteiger partial charge < -0.3 is 14.2 Å². The van der Waals surface area contributed by atoms with E-state index in [-0.39, 0.29) is 31.1 Å². The smallest absolute Gasteiger partial charge is 0.306 e. The summed E-state index contributed by atoms with van der Waals surface area (Å²) in [7, 11) is 0. The Hall–Kier alpha value is -2.37. The molecule has 0 aromatic heterocycles. The lowest BCUT2D eigenvalue weighted by atomic mass is 10.1. The molecule has 0 saturated carbocycles. The molecular weight excluding hydrogens is 793 g/mol. The average Bonchev–Trinajstić information content (AvgIpc) is 3.29. The molecule has 0 aliphatic rings. The van der Waals surface area contributed by atoms with Crippen LogP contribution in [0.4, 0.5) is 0 Å². The molecule has 0 rings (SSSR count). The standard InChI is InChI=1S/C58H106O6/c1-4-7-10-13-16-19-22-25-27-29-31-33-36-39-42-45-48-51-57(60)63-54-55(53-62-56(59)50-47-44-41-38-35-24-21-18-15-12-9-6-3)64-58(61)52-49-46-43-40-37-34-32-30-28-26-23-20-17-14-11-8-5-2/h18,21,25-28,55H,4-17,19-20,22-24,29-54H2,1-3H3/b21-18-,27-25-,28-26-. The Kier molecular flexibility index (Phi) is 51.3. The Morgan fingerprint density at radius 1 is 0.297 bits per heavy atom. The number of hydrogen-bond acceptors (Lipinski definition) is 6. The molecule has 0 saturated heterocycles. The predicted octanol–water partition coefficient (Wildman–Crippen LogP) is 18.5. The van der Waals surface area contributed by atoms with Crippen molar-refractivity contribution in [2.45, 2.75) is 303 Å². The number of carbonyl (C=O) groups is 3. The van der Waals surface area contributed by atoms with Crippen molar-refractivity contribution in [1.82, 2.24) is 0 Å². The van der Waals surface area contributed by atoms with Gasteiger partial charge in [0.05, 0.1) is 0 Å². The van der Waals surface area contributed by atoms with Crippen molar-refractivity contribution in [3.63, 3.8) is 0 Å². The predicted molar refractivity (Wildman–Crippen MR) is 275 cm³/mol. The van der Waals surface area contributed by atoms with E-state index in [0.29, 0.717) is 19.3 Å². The highest BCUT2D eigenvalue weighted by Crippen LogP contribution is 2.15. The lowest BCUT2D eigenvalue weighted by Crippen LogP contribution is -2.30. The van der Waals surface area contributed by atoms with E-state index in [0.717, 1.165) is 64.2 Å². The molecular formula is C58H106O6. The average molecular weight is 899 g/mol. The van der Waals surface area contributed by atoms with Crippen molar-refractivity contribution < 1.29 is 28.6 Å². The van der Waals surface area contributed by atoms with Crippen molar-refractivity contribution in [1.29, 1.82) is 0 Å². The molecule has 0 bridgehead atoms. The summed E-state index contributed by atoms with van der Waals surface area (Å²) in [5, 5.41) is 0. The van der Waals surface area contributed by atoms with Crippen molar-refractivity contribution in [2.24, 2.45) is 0 Å². The Morgan fingerprint density at radius 2 is 0.516 bits per heavy atom. The van der Waals surface area contributed by atoms with Crippen LogP contribution in [0.5, 0.6) is 0 Å². The summed E-state index contributed by atoms with van der Waals surface area (Å²) in [4.78, 5) is 38.1. The number of ether oxygens (including phenoxy) is 3. The second kappa shape index (κ2) is 53.2. The normalized spacial score (nSPS) is 12.2. The van der Waals surface area contributed by atoms with Crippen molar-refractivity contribution >= 4 is 17.9 Å². The van der Waals surface area contributed by atoms with Crippen molar-refractivity contribution in [3.05, 3.63) is 36.5 Å². The fraction of sp³-hybridized carbons (Fsp3) is 0.845. The van der Waals surface area contributed by atoms with Gasteiger partial charge in [0.1, 0.15) is 13.2 Å². The summed E-state index contributed by atoms with van der Waals surface area (Å²) >= 11 is 0. The Balaban J connectivity index is 4.35. The van der Waals surface area contributed by atoms with Gasteiger partial charge in [-0.05, 0) is 96.3 Å². The molecule has 0 aromatic rings. The Bertz CT molecular complexity index is 1080. The minimum atomic E-state index is -0.777. The molecule has 64 heavy (non-hydrogen) atoms. The van der Waals surface area contributed by atoms with Crippen LogP contribution in [-0.2, 0) is 28.6 Å². The van der Waals surface area contributed by atoms with Gasteiger partial charge in [-0.25, -0.2) is 0 Å². The SMILES string of the molecule is CCCCC/C=C\CCCCCCCC(=O)OCC(COC(=O)CCCCCCCCC/C=C\CCCCCCCC)OC(=O)CCCCCCCCC/C=C\CCCCCCCC. The lowest BCUT2D eigenvalue weighted by molar-refractivity contribution is -0.167. The highest BCUT2D eigenvalue weighted by molar-refractivity contribution is 5.71. The van der Waals surface area contributed by atoms with Gasteiger partial charge in [0.2, 0.25) is 0 Å². The van der Waals surface area contributed by atoms with E-state index < -0.39 is 6.10 Å². The van der Waals surface area contributed by atoms with Crippen LogP contribution in [0.2, 0.25) is 0 Å². The third-order valence-corrected chi connectivity index (χ3v) is 12.3. The summed E-state index contributed by atoms with van der Waals surface area (Å²) < 4.78 is 16.8. The van der Waals surface area contributed by atoms with E-state index in [1.807, 2.05) is 0 Å². The van der Waals surface area contributed by atoms with E-state index in [2.05, 4.69) is 57.2 Å². The molecule has 0 N–H and O–H groups in total. The van der Waals surface area contributed by atoms with E-state index in [9.17, 15) is 14.4 Å². The van der Waals surface area contributed by atoms with Gasteiger partial charge in [-0.3, -0.25) is 14.4 Å². The zero-order chi connectivity index (χ0) is 46.5. The van der Waals surface area contributed by atoms with Crippen LogP contribution in [-0.4, -0.2) is 37.2 Å². The quantitative estimate of drug-likeness (QED) is 0.0262. The maximum absolute atomic E-state index is 12.8. The van der Waals surface area contributed by atoms with Crippen molar-refractivity contribution in [2.75, 3.05) is 13.2 Å². The zero-order valence-corrected chi connectivity index (χ0v) is 42.8. The van der Waals surface area contributed by atoms with E-state index in [1.165, 1.54) is 193 Å². The second-order valence-electron chi connectivity index (χ2n) is 18.8. The third kappa shape index (κ3) is 50.6. The van der Waals surface area contributed by atoms with Gasteiger partial charge in [-0.2, -0.15) is 0 Å². The van der Waals surface area contributed by atoms with Gasteiger partial charge in [-0.1, -0.05) is 218 Å². The number of allylic oxidation sites excluding steroid dienone is 6. The highest BCUT2D eigenvalue weighted by atomic mass is 16.6. The summed E-state index contributed by atoms with van der Waals surface area (Å²) in [6.07, 6.45) is 62.7. The number of esters is 3. The van der Waals surface area contributed by atoms with Crippen LogP contribution in [0.3, 0.4) is 0 Å². The van der Waals surface area contributed by atoms with Gasteiger partial charge in [-0.15, -0.1) is 0 Å². The number of unbranched alkanes of at least 4 members (excludes halogenated alkanes) is 34. The molecule has 0 amide bonds. The monoisotopic (exact) mass is 899 g/mol. The van der Waals surface area contributed by atoms with Crippen LogP contribution in [0.25, 0.3) is 0 Å². The fourth-order valence-corrected chi connectivity index (χ4v) is 8.07. The summed E-state index contributed by atoms with van der Waals surface area (Å²) in [6.45, 7) is 6.62. The number of carbonyl (C=O) groups excluding carboxylic acids is 3. The molecule has 374 valence electrons. The molecule has 1 unspecified atom stereocenters. The Labute approximate surface area is 397 Å². The summed E-state index contributed by atoms with van der Waals surface area (Å²) in [6, 6.07) is 0. The highest BCUT2D eigenvalue weighted by Gasteiger charge is 2.19. The molecule has 0 aliphatic heterocycles. The van der Waals surface area contributed by atoms with Gasteiger partial charge in [0.15, 0.2) is 6.10 Å². The molecule has 0 radical (unpaired) electrons. The van der Waals surface area contributed by atoms with E-state index in [4.69, 9.17) is 14.2 Å². The van der Waals surface area contributed by atoms with Crippen LogP contribution in [0.15, 0.2) is 36.5 Å². The molecule has 0 aliphatic carbocycles. The summed E-state index contributed by atoms with van der Waals surface area (Å²) in [5.74, 6) is -0.882. The minimum absolute atomic E-state index is 0.0768. The first-order valence-electron chi connectivity index (χ1n) is 28.0. The lowest BCUT2D eigenvalue weighted by Gasteiger charge is -2.18. The van der Waals surface area contributed by atoms with Crippen LogP contribution < -0.4 is 0 Å². The molecule has 0 fully saturated rings. The first-order chi connectivity index (χ1) is 31.5. The molecule has 0 spiro atoms. The van der Waals surface area contributed by atoms with Crippen LogP contribution >= 0.6 is 0 Å². The number of rotatable bonds is 51. The van der Waals surface area contributed by atoms with Crippen LogP contribution in [0.1, 0.15) is 297 Å². The molecule has 1 atom stereocenters. The topological polar surface area (TPSA) is 78.9 Å². The Morgan fingerprint density at radius 3 is 0.812 bits per heavy atom. The largest absolute Gasteiger partial charge is 0.462 e. The fourth-order valence-electron chi connectivity index (χ4n) is 8.07. The van der Waals surface area contributed by atoms with Crippen LogP contribution in [0, 0.1) is 0 Å².